The highest BCUT2D eigenvalue weighted by atomic mass is 16.5. The molecule has 1 rings (SSSR count). The molecule has 1 aliphatic carbocycles. The van der Waals surface area contributed by atoms with E-state index in [9.17, 15) is 19.8 Å². The molecule has 63 heavy (non-hydrogen) atoms. The van der Waals surface area contributed by atoms with Gasteiger partial charge in [0.1, 0.15) is 6.10 Å². The summed E-state index contributed by atoms with van der Waals surface area (Å²) >= 11 is 0. The third-order valence-corrected chi connectivity index (χ3v) is 13.9. The number of rotatable bonds is 47. The number of hydrogen-bond acceptors (Lipinski definition) is 8. The van der Waals surface area contributed by atoms with Gasteiger partial charge in [-0.15, -0.1) is 0 Å². The molecule has 8 heteroatoms. The summed E-state index contributed by atoms with van der Waals surface area (Å²) in [6.07, 6.45) is 42.3. The normalized spacial score (nSPS) is 15.0. The summed E-state index contributed by atoms with van der Waals surface area (Å²) in [6.45, 7) is 12.5. The Hall–Kier alpha value is -1.22. The Morgan fingerprint density at radius 3 is 1.22 bits per heavy atom. The Morgan fingerprint density at radius 1 is 0.476 bits per heavy atom. The molecule has 1 aliphatic rings. The van der Waals surface area contributed by atoms with Crippen molar-refractivity contribution in [1.82, 2.24) is 4.90 Å². The summed E-state index contributed by atoms with van der Waals surface area (Å²) in [6, 6.07) is 0. The molecule has 2 N–H and O–H groups in total. The van der Waals surface area contributed by atoms with Crippen molar-refractivity contribution < 1.29 is 34.0 Å². The van der Waals surface area contributed by atoms with Crippen molar-refractivity contribution in [1.29, 1.82) is 0 Å². The van der Waals surface area contributed by atoms with Crippen LogP contribution < -0.4 is 0 Å². The zero-order valence-electron chi connectivity index (χ0n) is 42.4. The second kappa shape index (κ2) is 44.6. The SMILES string of the molecule is CCCCCCCCC(CCCCCC)C(=O)OCCCCCCN(CCCCCCOC(=O)C(CCCCCC)CCCCCCCC)CC(OC(CO)CO)C1CCCCC1. The predicted molar refractivity (Wildman–Crippen MR) is 265 cm³/mol. The lowest BCUT2D eigenvalue weighted by Crippen LogP contribution is -2.43. The first-order valence-electron chi connectivity index (χ1n) is 27.9. The largest absolute Gasteiger partial charge is 0.465 e. The van der Waals surface area contributed by atoms with Gasteiger partial charge in [-0.25, -0.2) is 0 Å². The van der Waals surface area contributed by atoms with Gasteiger partial charge in [-0.3, -0.25) is 9.59 Å². The molecule has 0 saturated heterocycles. The first kappa shape index (κ1) is 59.8. The minimum atomic E-state index is -0.535. The first-order chi connectivity index (χ1) is 30.9. The molecular formula is C55H107NO7. The van der Waals surface area contributed by atoms with Crippen LogP contribution in [0.25, 0.3) is 0 Å². The minimum Gasteiger partial charge on any atom is -0.465 e. The zero-order chi connectivity index (χ0) is 45.9. The van der Waals surface area contributed by atoms with Crippen LogP contribution in [-0.2, 0) is 23.8 Å². The quantitative estimate of drug-likeness (QED) is 0.0460. The second-order valence-electron chi connectivity index (χ2n) is 19.7. The van der Waals surface area contributed by atoms with E-state index in [1.165, 1.54) is 122 Å². The van der Waals surface area contributed by atoms with E-state index < -0.39 is 6.10 Å². The summed E-state index contributed by atoms with van der Waals surface area (Å²) < 4.78 is 18.2. The number of esters is 2. The molecule has 8 nitrogen and oxygen atoms in total. The number of hydrogen-bond donors (Lipinski definition) is 2. The van der Waals surface area contributed by atoms with E-state index in [1.54, 1.807) is 0 Å². The van der Waals surface area contributed by atoms with E-state index in [-0.39, 0.29) is 43.1 Å². The van der Waals surface area contributed by atoms with Gasteiger partial charge in [0.15, 0.2) is 0 Å². The molecule has 0 aromatic rings. The smallest absolute Gasteiger partial charge is 0.308 e. The van der Waals surface area contributed by atoms with Crippen LogP contribution in [0.1, 0.15) is 265 Å². The van der Waals surface area contributed by atoms with Gasteiger partial charge >= 0.3 is 11.9 Å². The van der Waals surface area contributed by atoms with E-state index in [0.717, 1.165) is 135 Å². The van der Waals surface area contributed by atoms with Crippen molar-refractivity contribution in [2.24, 2.45) is 17.8 Å². The van der Waals surface area contributed by atoms with Gasteiger partial charge in [-0.05, 0) is 83.2 Å². The van der Waals surface area contributed by atoms with E-state index >= 15 is 0 Å². The summed E-state index contributed by atoms with van der Waals surface area (Å²) in [7, 11) is 0. The molecule has 374 valence electrons. The van der Waals surface area contributed by atoms with Gasteiger partial charge in [0.05, 0.1) is 44.4 Å². The lowest BCUT2D eigenvalue weighted by atomic mass is 9.84. The number of ether oxygens (including phenoxy) is 3. The van der Waals surface area contributed by atoms with Crippen molar-refractivity contribution in [2.45, 2.75) is 277 Å². The van der Waals surface area contributed by atoms with Crippen LogP contribution in [0.2, 0.25) is 0 Å². The highest BCUT2D eigenvalue weighted by Gasteiger charge is 2.29. The second-order valence-corrected chi connectivity index (χ2v) is 19.7. The van der Waals surface area contributed by atoms with Crippen molar-refractivity contribution in [3.63, 3.8) is 0 Å². The van der Waals surface area contributed by atoms with E-state index in [1.807, 2.05) is 0 Å². The Kier molecular flexibility index (Phi) is 42.3. The highest BCUT2D eigenvalue weighted by molar-refractivity contribution is 5.72. The zero-order valence-corrected chi connectivity index (χ0v) is 42.4. The average Bonchev–Trinajstić information content (AvgIpc) is 3.30. The molecule has 0 aromatic carbocycles. The average molecular weight is 894 g/mol. The summed E-state index contributed by atoms with van der Waals surface area (Å²) in [5.74, 6) is 0.647. The number of unbranched alkanes of at least 4 members (excludes halogenated alkanes) is 22. The van der Waals surface area contributed by atoms with Crippen LogP contribution in [0.15, 0.2) is 0 Å². The molecule has 3 atom stereocenters. The molecule has 0 bridgehead atoms. The van der Waals surface area contributed by atoms with Crippen LogP contribution in [-0.4, -0.2) is 85.3 Å². The van der Waals surface area contributed by atoms with Crippen molar-refractivity contribution in [3.05, 3.63) is 0 Å². The molecule has 0 aliphatic heterocycles. The number of aliphatic hydroxyl groups excluding tert-OH is 2. The van der Waals surface area contributed by atoms with Crippen LogP contribution in [0.5, 0.6) is 0 Å². The van der Waals surface area contributed by atoms with Crippen molar-refractivity contribution in [3.8, 4) is 0 Å². The number of aliphatic hydroxyl groups is 2. The maximum absolute atomic E-state index is 13.2. The maximum atomic E-state index is 13.2. The molecule has 1 fully saturated rings. The third kappa shape index (κ3) is 33.8. The van der Waals surface area contributed by atoms with Crippen LogP contribution in [0, 0.1) is 17.8 Å². The van der Waals surface area contributed by atoms with Gasteiger partial charge < -0.3 is 29.3 Å². The standard InChI is InChI=1S/C55H107NO7/c1-5-9-13-17-19-28-40-50(38-26-15-11-7-3)54(59)61-44-34-23-21-32-42-56(46-53(63-52(47-57)48-58)49-36-30-25-31-37-49)43-33-22-24-35-45-62-55(60)51(39-27-16-12-8-4)41-29-20-18-14-10-6-2/h49-53,57-58H,5-48H2,1-4H3. The molecule has 1 saturated carbocycles. The van der Waals surface area contributed by atoms with E-state index in [4.69, 9.17) is 14.2 Å². The lowest BCUT2D eigenvalue weighted by molar-refractivity contribution is -0.150. The fourth-order valence-electron chi connectivity index (χ4n) is 9.65. The van der Waals surface area contributed by atoms with Crippen LogP contribution >= 0.6 is 0 Å². The summed E-state index contributed by atoms with van der Waals surface area (Å²) in [5, 5.41) is 19.9. The Balaban J connectivity index is 2.65. The monoisotopic (exact) mass is 894 g/mol. The molecule has 0 radical (unpaired) electrons. The fourth-order valence-corrected chi connectivity index (χ4v) is 9.65. The Bertz CT molecular complexity index is 928. The Labute approximate surface area is 390 Å². The third-order valence-electron chi connectivity index (χ3n) is 13.9. The maximum Gasteiger partial charge on any atom is 0.308 e. The number of nitrogens with zero attached hydrogens (tertiary/aromatic N) is 1. The first-order valence-corrected chi connectivity index (χ1v) is 27.9. The van der Waals surface area contributed by atoms with Gasteiger partial charge in [-0.2, -0.15) is 0 Å². The molecule has 0 aromatic heterocycles. The summed E-state index contributed by atoms with van der Waals surface area (Å²) in [4.78, 5) is 28.9. The predicted octanol–water partition coefficient (Wildman–Crippen LogP) is 14.5. The topological polar surface area (TPSA) is 106 Å². The van der Waals surface area contributed by atoms with Gasteiger partial charge in [0.2, 0.25) is 0 Å². The van der Waals surface area contributed by atoms with Gasteiger partial charge in [0.25, 0.3) is 0 Å². The molecule has 0 spiro atoms. The van der Waals surface area contributed by atoms with E-state index in [0.29, 0.717) is 19.1 Å². The van der Waals surface area contributed by atoms with E-state index in [2.05, 4.69) is 32.6 Å². The van der Waals surface area contributed by atoms with Gasteiger partial charge in [0, 0.05) is 6.54 Å². The fraction of sp³-hybridized carbons (Fsp3) is 0.964. The highest BCUT2D eigenvalue weighted by Crippen LogP contribution is 2.30. The molecular weight excluding hydrogens is 787 g/mol. The number of carbonyl (C=O) groups is 2. The molecule has 0 heterocycles. The van der Waals surface area contributed by atoms with Crippen LogP contribution in [0.4, 0.5) is 0 Å². The van der Waals surface area contributed by atoms with Crippen molar-refractivity contribution >= 4 is 11.9 Å². The van der Waals surface area contributed by atoms with Gasteiger partial charge in [-0.1, -0.05) is 201 Å². The lowest BCUT2D eigenvalue weighted by Gasteiger charge is -2.36. The number of carbonyl (C=O) groups excluding carboxylic acids is 2. The Morgan fingerprint density at radius 2 is 0.825 bits per heavy atom. The van der Waals surface area contributed by atoms with Crippen molar-refractivity contribution in [2.75, 3.05) is 46.1 Å². The van der Waals surface area contributed by atoms with Crippen LogP contribution in [0.3, 0.4) is 0 Å². The molecule has 3 unspecified atom stereocenters. The minimum absolute atomic E-state index is 0.00550. The summed E-state index contributed by atoms with van der Waals surface area (Å²) in [5.41, 5.74) is 0. The molecule has 0 amide bonds.